The van der Waals surface area contributed by atoms with Crippen LogP contribution in [0.5, 0.6) is 11.5 Å². The average molecular weight is 572 g/mol. The number of ketones is 1. The lowest BCUT2D eigenvalue weighted by Gasteiger charge is -2.37. The Bertz CT molecular complexity index is 1800. The van der Waals surface area contributed by atoms with Crippen molar-refractivity contribution >= 4 is 40.7 Å². The van der Waals surface area contributed by atoms with Crippen molar-refractivity contribution in [1.29, 1.82) is 0 Å². The minimum absolute atomic E-state index is 0.314. The first-order valence-electron chi connectivity index (χ1n) is 14.1. The second-order valence-corrected chi connectivity index (χ2v) is 10.9. The van der Waals surface area contributed by atoms with Crippen LogP contribution in [-0.4, -0.2) is 43.9 Å². The van der Waals surface area contributed by atoms with Crippen molar-refractivity contribution in [1.82, 2.24) is 0 Å². The molecular weight excluding hydrogens is 542 g/mol. The number of carbonyl (C=O) groups is 3. The minimum atomic E-state index is -1.40. The van der Waals surface area contributed by atoms with Gasteiger partial charge in [0.15, 0.2) is 17.3 Å². The number of anilines is 3. The third-order valence-electron chi connectivity index (χ3n) is 8.80. The number of hydrogen-bond donors (Lipinski definition) is 2. The number of fused-ring (bicyclic) bond motifs is 6. The van der Waals surface area contributed by atoms with Gasteiger partial charge >= 0.3 is 0 Å². The van der Waals surface area contributed by atoms with E-state index >= 15 is 0 Å². The maximum atomic E-state index is 14.9. The number of Topliss-reactive ketones (excluding diaryl/α,β-unsaturated/α-hetero) is 1. The average Bonchev–Trinajstić information content (AvgIpc) is 3.53. The predicted molar refractivity (Wildman–Crippen MR) is 165 cm³/mol. The van der Waals surface area contributed by atoms with Crippen LogP contribution in [0, 0.1) is 5.92 Å². The first-order chi connectivity index (χ1) is 21.0. The van der Waals surface area contributed by atoms with Crippen LogP contribution >= 0.6 is 0 Å². The van der Waals surface area contributed by atoms with E-state index in [1.807, 2.05) is 83.8 Å². The Labute approximate surface area is 248 Å². The summed E-state index contributed by atoms with van der Waals surface area (Å²) in [6, 6.07) is 27.6. The number of benzene rings is 4. The molecule has 0 unspecified atom stereocenters. The summed E-state index contributed by atoms with van der Waals surface area (Å²) in [7, 11) is 3.03. The van der Waals surface area contributed by atoms with Crippen LogP contribution in [0.15, 0.2) is 103 Å². The molecule has 43 heavy (non-hydrogen) atoms. The molecule has 7 rings (SSSR count). The molecule has 214 valence electrons. The highest BCUT2D eigenvalue weighted by molar-refractivity contribution is 6.17. The molecule has 3 heterocycles. The summed E-state index contributed by atoms with van der Waals surface area (Å²) in [5, 5.41) is 6.08. The van der Waals surface area contributed by atoms with E-state index in [2.05, 4.69) is 10.6 Å². The summed E-state index contributed by atoms with van der Waals surface area (Å²) >= 11 is 0. The van der Waals surface area contributed by atoms with E-state index in [0.717, 1.165) is 11.3 Å². The molecule has 0 radical (unpaired) electrons. The van der Waals surface area contributed by atoms with E-state index in [1.54, 1.807) is 30.3 Å². The molecule has 8 heteroatoms. The van der Waals surface area contributed by atoms with E-state index in [4.69, 9.17) is 9.47 Å². The number of nitrogens with one attached hydrogen (secondary N) is 2. The number of hydrogen-bond acceptors (Lipinski definition) is 6. The highest BCUT2D eigenvalue weighted by atomic mass is 16.5. The number of ether oxygens (including phenoxy) is 2. The quantitative estimate of drug-likeness (QED) is 0.304. The monoisotopic (exact) mass is 571 g/mol. The summed E-state index contributed by atoms with van der Waals surface area (Å²) in [5.74, 6) is -1.29. The van der Waals surface area contributed by atoms with Crippen molar-refractivity contribution < 1.29 is 23.9 Å². The first kappa shape index (κ1) is 26.5. The number of methoxy groups -OCH3 is 2. The lowest BCUT2D eigenvalue weighted by Crippen LogP contribution is -2.51. The van der Waals surface area contributed by atoms with Crippen LogP contribution in [0.1, 0.15) is 21.5 Å². The zero-order chi connectivity index (χ0) is 29.7. The van der Waals surface area contributed by atoms with Crippen LogP contribution in [0.25, 0.3) is 6.08 Å². The van der Waals surface area contributed by atoms with Gasteiger partial charge in [-0.05, 0) is 53.6 Å². The van der Waals surface area contributed by atoms with Crippen LogP contribution in [0.3, 0.4) is 0 Å². The molecule has 1 spiro atoms. The van der Waals surface area contributed by atoms with Gasteiger partial charge in [0.05, 0.1) is 26.2 Å². The summed E-state index contributed by atoms with van der Waals surface area (Å²) in [6.45, 7) is 0. The van der Waals surface area contributed by atoms with Gasteiger partial charge in [-0.1, -0.05) is 66.7 Å². The topological polar surface area (TPSA) is 97.0 Å². The second kappa shape index (κ2) is 10.2. The number of amides is 2. The molecule has 4 aromatic carbocycles. The molecule has 0 aromatic heterocycles. The minimum Gasteiger partial charge on any atom is -0.493 e. The number of para-hydroxylation sites is 3. The van der Waals surface area contributed by atoms with E-state index in [-0.39, 0.29) is 17.6 Å². The van der Waals surface area contributed by atoms with Crippen molar-refractivity contribution in [3.8, 4) is 11.5 Å². The molecule has 4 atom stereocenters. The first-order valence-corrected chi connectivity index (χ1v) is 14.1. The van der Waals surface area contributed by atoms with Crippen molar-refractivity contribution in [2.75, 3.05) is 29.8 Å². The number of nitrogens with zero attached hydrogens (tertiary/aromatic N) is 1. The van der Waals surface area contributed by atoms with Crippen LogP contribution in [-0.2, 0) is 15.0 Å². The van der Waals surface area contributed by atoms with E-state index in [0.29, 0.717) is 34.0 Å². The van der Waals surface area contributed by atoms with Crippen molar-refractivity contribution in [3.05, 3.63) is 120 Å². The van der Waals surface area contributed by atoms with Crippen molar-refractivity contribution in [3.63, 3.8) is 0 Å². The van der Waals surface area contributed by atoms with Crippen molar-refractivity contribution in [2.24, 2.45) is 5.92 Å². The molecule has 0 bridgehead atoms. The van der Waals surface area contributed by atoms with Gasteiger partial charge in [-0.3, -0.25) is 14.4 Å². The standard InChI is InChI=1S/C35H29N3O5/c1-42-27-18-16-22(20-28(27)43-2)32(39)30-31(33(40)36-23-11-4-3-5-12-23)38-26-15-9-6-10-21(26)17-19-29(38)35(30)24-13-7-8-14-25(24)37-34(35)41/h3-20,29-31H,1-2H3,(H,36,40)(H,37,41)/t29-,30-,31-,35+/m1/s1. The Morgan fingerprint density at radius 2 is 1.58 bits per heavy atom. The lowest BCUT2D eigenvalue weighted by molar-refractivity contribution is -0.122. The van der Waals surface area contributed by atoms with E-state index < -0.39 is 23.4 Å². The van der Waals surface area contributed by atoms with Crippen LogP contribution in [0.4, 0.5) is 17.1 Å². The molecule has 8 nitrogen and oxygen atoms in total. The van der Waals surface area contributed by atoms with Gasteiger partial charge < -0.3 is 25.0 Å². The van der Waals surface area contributed by atoms with Gasteiger partial charge in [-0.15, -0.1) is 0 Å². The largest absolute Gasteiger partial charge is 0.493 e. The molecule has 1 saturated heterocycles. The van der Waals surface area contributed by atoms with Crippen LogP contribution in [0.2, 0.25) is 0 Å². The molecule has 4 aromatic rings. The maximum Gasteiger partial charge on any atom is 0.247 e. The highest BCUT2D eigenvalue weighted by Crippen LogP contribution is 2.57. The molecule has 2 amide bonds. The Morgan fingerprint density at radius 1 is 0.860 bits per heavy atom. The fourth-order valence-electron chi connectivity index (χ4n) is 7.03. The summed E-state index contributed by atoms with van der Waals surface area (Å²) in [6.07, 6.45) is 3.93. The molecule has 1 fully saturated rings. The molecule has 3 aliphatic heterocycles. The van der Waals surface area contributed by atoms with Gasteiger partial charge in [0, 0.05) is 22.6 Å². The van der Waals surface area contributed by atoms with E-state index in [1.165, 1.54) is 14.2 Å². The van der Waals surface area contributed by atoms with E-state index in [9.17, 15) is 14.4 Å². The molecule has 0 aliphatic carbocycles. The molecule has 3 aliphatic rings. The van der Waals surface area contributed by atoms with Gasteiger partial charge in [0.25, 0.3) is 0 Å². The fraction of sp³-hybridized carbons (Fsp3) is 0.171. The highest BCUT2D eigenvalue weighted by Gasteiger charge is 2.70. The lowest BCUT2D eigenvalue weighted by atomic mass is 9.64. The number of rotatable bonds is 6. The van der Waals surface area contributed by atoms with Gasteiger partial charge in [0.2, 0.25) is 11.8 Å². The SMILES string of the molecule is COc1ccc(C(=O)[C@H]2[C@H](C(=O)Nc3ccccc3)N3c4ccccc4C=C[C@@H]3[C@]23C(=O)Nc2ccccc23)cc1OC. The molecule has 2 N–H and O–H groups in total. The molecule has 0 saturated carbocycles. The third kappa shape index (κ3) is 3.86. The second-order valence-electron chi connectivity index (χ2n) is 10.9. The zero-order valence-electron chi connectivity index (χ0n) is 23.6. The predicted octanol–water partition coefficient (Wildman–Crippen LogP) is 5.32. The third-order valence-corrected chi connectivity index (χ3v) is 8.80. The number of carbonyl (C=O) groups excluding carboxylic acids is 3. The van der Waals surface area contributed by atoms with Gasteiger partial charge in [0.1, 0.15) is 11.5 Å². The smallest absolute Gasteiger partial charge is 0.247 e. The summed E-state index contributed by atoms with van der Waals surface area (Å²) < 4.78 is 10.9. The summed E-state index contributed by atoms with van der Waals surface area (Å²) in [5.41, 5.74) is 2.51. The van der Waals surface area contributed by atoms with Gasteiger partial charge in [-0.2, -0.15) is 0 Å². The Kier molecular flexibility index (Phi) is 6.27. The Morgan fingerprint density at radius 3 is 2.37 bits per heavy atom. The fourth-order valence-corrected chi connectivity index (χ4v) is 7.03. The Balaban J connectivity index is 1.48. The normalized spacial score (nSPS) is 22.8. The van der Waals surface area contributed by atoms with Gasteiger partial charge in [-0.25, -0.2) is 0 Å². The molecular formula is C35H29N3O5. The van der Waals surface area contributed by atoms with Crippen molar-refractivity contribution in [2.45, 2.75) is 17.5 Å². The summed E-state index contributed by atoms with van der Waals surface area (Å²) in [4.78, 5) is 45.8. The Hall–Kier alpha value is -5.37. The van der Waals surface area contributed by atoms with Crippen LogP contribution < -0.4 is 25.0 Å². The maximum absolute atomic E-state index is 14.9. The zero-order valence-corrected chi connectivity index (χ0v) is 23.6.